The van der Waals surface area contributed by atoms with Gasteiger partial charge in [-0.1, -0.05) is 24.3 Å². The molecule has 124 valence electrons. The van der Waals surface area contributed by atoms with E-state index < -0.39 is 11.7 Å². The fraction of sp³-hybridized carbons (Fsp3) is 0.222. The zero-order valence-corrected chi connectivity index (χ0v) is 13.2. The van der Waals surface area contributed by atoms with Gasteiger partial charge in [-0.05, 0) is 43.7 Å². The van der Waals surface area contributed by atoms with E-state index in [0.717, 1.165) is 23.2 Å². The number of para-hydroxylation sites is 2. The minimum Gasteiger partial charge on any atom is -0.362 e. The Morgan fingerprint density at radius 3 is 2.29 bits per heavy atom. The fourth-order valence-electron chi connectivity index (χ4n) is 2.50. The summed E-state index contributed by atoms with van der Waals surface area (Å²) in [5.74, 6) is 0.568. The second kappa shape index (κ2) is 6.11. The third kappa shape index (κ3) is 3.32. The number of alkyl halides is 3. The molecule has 0 fully saturated rings. The molecule has 0 aliphatic rings. The molecular weight excluding hydrogens is 315 g/mol. The minimum atomic E-state index is -4.35. The SMILES string of the molecule is Cc1nc2ccccc2nc1N[C@@H](C)c1cccc(C(F)(F)F)c1. The van der Waals surface area contributed by atoms with Crippen molar-refractivity contribution in [3.8, 4) is 0 Å². The first-order valence-electron chi connectivity index (χ1n) is 7.51. The van der Waals surface area contributed by atoms with Gasteiger partial charge in [0.15, 0.2) is 0 Å². The molecule has 0 spiro atoms. The van der Waals surface area contributed by atoms with Crippen LogP contribution < -0.4 is 5.32 Å². The summed E-state index contributed by atoms with van der Waals surface area (Å²) in [7, 11) is 0. The smallest absolute Gasteiger partial charge is 0.362 e. The fourth-order valence-corrected chi connectivity index (χ4v) is 2.50. The lowest BCUT2D eigenvalue weighted by molar-refractivity contribution is -0.137. The van der Waals surface area contributed by atoms with E-state index >= 15 is 0 Å². The molecule has 2 aromatic carbocycles. The standard InChI is InChI=1S/C18H16F3N3/c1-11(13-6-5-7-14(10-13)18(19,20)21)23-17-12(2)22-15-8-3-4-9-16(15)24-17/h3-11H,1-2H3,(H,23,24)/t11-/m0/s1. The maximum atomic E-state index is 12.9. The van der Waals surface area contributed by atoms with Crippen molar-refractivity contribution in [3.63, 3.8) is 0 Å². The Morgan fingerprint density at radius 2 is 1.62 bits per heavy atom. The van der Waals surface area contributed by atoms with E-state index in [9.17, 15) is 13.2 Å². The highest BCUT2D eigenvalue weighted by Crippen LogP contribution is 2.31. The number of aryl methyl sites for hydroxylation is 1. The quantitative estimate of drug-likeness (QED) is 0.723. The van der Waals surface area contributed by atoms with Gasteiger partial charge in [0, 0.05) is 0 Å². The first kappa shape index (κ1) is 16.2. The van der Waals surface area contributed by atoms with Gasteiger partial charge in [0.05, 0.1) is 28.3 Å². The number of hydrogen-bond donors (Lipinski definition) is 1. The van der Waals surface area contributed by atoms with Gasteiger partial charge in [0.2, 0.25) is 0 Å². The Kier molecular flexibility index (Phi) is 4.13. The molecule has 3 aromatic rings. The van der Waals surface area contributed by atoms with Crippen LogP contribution in [0.15, 0.2) is 48.5 Å². The number of fused-ring (bicyclic) bond motifs is 1. The summed E-state index contributed by atoms with van der Waals surface area (Å²) in [6, 6.07) is 12.4. The largest absolute Gasteiger partial charge is 0.416 e. The van der Waals surface area contributed by atoms with E-state index in [0.29, 0.717) is 17.1 Å². The monoisotopic (exact) mass is 331 g/mol. The molecular formula is C18H16F3N3. The van der Waals surface area contributed by atoms with Crippen LogP contribution in [-0.2, 0) is 6.18 Å². The normalized spacial score (nSPS) is 13.0. The summed E-state index contributed by atoms with van der Waals surface area (Å²) < 4.78 is 38.6. The molecule has 0 saturated heterocycles. The molecule has 0 saturated carbocycles. The van der Waals surface area contributed by atoms with Gasteiger partial charge in [-0.2, -0.15) is 13.2 Å². The van der Waals surface area contributed by atoms with Crippen molar-refractivity contribution >= 4 is 16.9 Å². The number of benzene rings is 2. The number of hydrogen-bond acceptors (Lipinski definition) is 3. The summed E-state index contributed by atoms with van der Waals surface area (Å²) >= 11 is 0. The molecule has 0 amide bonds. The van der Waals surface area contributed by atoms with E-state index in [1.807, 2.05) is 31.2 Å². The van der Waals surface area contributed by atoms with Crippen LogP contribution in [0, 0.1) is 6.92 Å². The molecule has 1 N–H and O–H groups in total. The average Bonchev–Trinajstić information content (AvgIpc) is 2.55. The zero-order chi connectivity index (χ0) is 17.3. The van der Waals surface area contributed by atoms with Crippen molar-refractivity contribution in [2.75, 3.05) is 5.32 Å². The predicted octanol–water partition coefficient (Wildman–Crippen LogP) is 5.13. The molecule has 6 heteroatoms. The summed E-state index contributed by atoms with van der Waals surface area (Å²) in [4.78, 5) is 8.99. The minimum absolute atomic E-state index is 0.332. The molecule has 0 unspecified atom stereocenters. The third-order valence-electron chi connectivity index (χ3n) is 3.81. The molecule has 24 heavy (non-hydrogen) atoms. The number of halogens is 3. The van der Waals surface area contributed by atoms with Gasteiger partial charge >= 0.3 is 6.18 Å². The number of rotatable bonds is 3. The van der Waals surface area contributed by atoms with Crippen LogP contribution in [0.1, 0.15) is 29.8 Å². The highest BCUT2D eigenvalue weighted by molar-refractivity contribution is 5.76. The highest BCUT2D eigenvalue weighted by atomic mass is 19.4. The van der Waals surface area contributed by atoms with Crippen LogP contribution in [0.4, 0.5) is 19.0 Å². The summed E-state index contributed by atoms with van der Waals surface area (Å²) in [5.41, 5.74) is 2.11. The molecule has 1 heterocycles. The van der Waals surface area contributed by atoms with Crippen LogP contribution in [-0.4, -0.2) is 9.97 Å². The summed E-state index contributed by atoms with van der Waals surface area (Å²) in [6.07, 6.45) is -4.35. The van der Waals surface area contributed by atoms with Crippen molar-refractivity contribution in [2.24, 2.45) is 0 Å². The predicted molar refractivity (Wildman–Crippen MR) is 87.8 cm³/mol. The van der Waals surface area contributed by atoms with E-state index in [4.69, 9.17) is 0 Å². The molecule has 3 rings (SSSR count). The number of nitrogens with one attached hydrogen (secondary N) is 1. The van der Waals surface area contributed by atoms with Gasteiger partial charge < -0.3 is 5.32 Å². The van der Waals surface area contributed by atoms with E-state index in [2.05, 4.69) is 15.3 Å². The van der Waals surface area contributed by atoms with Crippen molar-refractivity contribution < 1.29 is 13.2 Å². The van der Waals surface area contributed by atoms with Crippen molar-refractivity contribution in [1.29, 1.82) is 0 Å². The van der Waals surface area contributed by atoms with Gasteiger partial charge in [-0.3, -0.25) is 0 Å². The first-order valence-corrected chi connectivity index (χ1v) is 7.51. The molecule has 0 radical (unpaired) electrons. The highest BCUT2D eigenvalue weighted by Gasteiger charge is 2.30. The molecule has 1 atom stereocenters. The van der Waals surface area contributed by atoms with E-state index in [1.165, 1.54) is 6.07 Å². The van der Waals surface area contributed by atoms with E-state index in [-0.39, 0.29) is 6.04 Å². The Hall–Kier alpha value is -2.63. The zero-order valence-electron chi connectivity index (χ0n) is 13.2. The lowest BCUT2D eigenvalue weighted by Gasteiger charge is -2.18. The van der Waals surface area contributed by atoms with Gasteiger partial charge in [0.1, 0.15) is 5.82 Å². The molecule has 0 aliphatic heterocycles. The molecule has 3 nitrogen and oxygen atoms in total. The summed E-state index contributed by atoms with van der Waals surface area (Å²) in [5, 5.41) is 3.16. The van der Waals surface area contributed by atoms with Gasteiger partial charge in [-0.15, -0.1) is 0 Å². The molecule has 1 aromatic heterocycles. The van der Waals surface area contributed by atoms with Crippen molar-refractivity contribution in [3.05, 3.63) is 65.4 Å². The topological polar surface area (TPSA) is 37.8 Å². The van der Waals surface area contributed by atoms with Crippen LogP contribution in [0.2, 0.25) is 0 Å². The average molecular weight is 331 g/mol. The Labute approximate surface area is 137 Å². The van der Waals surface area contributed by atoms with Gasteiger partial charge in [-0.25, -0.2) is 9.97 Å². The van der Waals surface area contributed by atoms with E-state index in [1.54, 1.807) is 13.0 Å². The van der Waals surface area contributed by atoms with Gasteiger partial charge in [0.25, 0.3) is 0 Å². The lowest BCUT2D eigenvalue weighted by Crippen LogP contribution is -2.12. The second-order valence-electron chi connectivity index (χ2n) is 5.64. The maximum absolute atomic E-state index is 12.9. The summed E-state index contributed by atoms with van der Waals surface area (Å²) in [6.45, 7) is 3.62. The van der Waals surface area contributed by atoms with Crippen LogP contribution in [0.5, 0.6) is 0 Å². The molecule has 0 aliphatic carbocycles. The third-order valence-corrected chi connectivity index (χ3v) is 3.81. The number of nitrogens with zero attached hydrogens (tertiary/aromatic N) is 2. The Morgan fingerprint density at radius 1 is 0.958 bits per heavy atom. The Balaban J connectivity index is 1.90. The maximum Gasteiger partial charge on any atom is 0.416 e. The number of anilines is 1. The van der Waals surface area contributed by atoms with Crippen LogP contribution in [0.3, 0.4) is 0 Å². The van der Waals surface area contributed by atoms with Crippen molar-refractivity contribution in [1.82, 2.24) is 9.97 Å². The lowest BCUT2D eigenvalue weighted by atomic mass is 10.0. The Bertz CT molecular complexity index is 875. The van der Waals surface area contributed by atoms with Crippen LogP contribution >= 0.6 is 0 Å². The second-order valence-corrected chi connectivity index (χ2v) is 5.64. The van der Waals surface area contributed by atoms with Crippen molar-refractivity contribution in [2.45, 2.75) is 26.1 Å². The van der Waals surface area contributed by atoms with Crippen LogP contribution in [0.25, 0.3) is 11.0 Å². The number of aromatic nitrogens is 2. The first-order chi connectivity index (χ1) is 11.3. The molecule has 0 bridgehead atoms.